The summed E-state index contributed by atoms with van der Waals surface area (Å²) in [6.07, 6.45) is 2.97. The summed E-state index contributed by atoms with van der Waals surface area (Å²) in [7, 11) is 0. The van der Waals surface area contributed by atoms with Gasteiger partial charge in [0.05, 0.1) is 11.4 Å². The highest BCUT2D eigenvalue weighted by atomic mass is 19.1. The highest BCUT2D eigenvalue weighted by Gasteiger charge is 2.08. The number of rotatable bonds is 4. The van der Waals surface area contributed by atoms with Crippen LogP contribution in [-0.2, 0) is 6.54 Å². The summed E-state index contributed by atoms with van der Waals surface area (Å²) in [6.45, 7) is 0.303. The topological polar surface area (TPSA) is 71.8 Å². The standard InChI is InChI=1S/C16H14FN5O/c17-13-7-5-12(6-8-13)9-19-16(23)21-14-3-1-2-4-15(14)22-11-18-10-20-22/h1-8,10-11H,9H2,(H2,19,21,23). The molecular weight excluding hydrogens is 297 g/mol. The Kier molecular flexibility index (Phi) is 4.28. The zero-order valence-electron chi connectivity index (χ0n) is 12.1. The van der Waals surface area contributed by atoms with Crippen LogP contribution in [0, 0.1) is 5.82 Å². The molecule has 0 unspecified atom stereocenters. The number of nitrogens with one attached hydrogen (secondary N) is 2. The molecule has 3 aromatic rings. The van der Waals surface area contributed by atoms with E-state index in [0.717, 1.165) is 5.56 Å². The average Bonchev–Trinajstić information content (AvgIpc) is 3.09. The third kappa shape index (κ3) is 3.70. The fourth-order valence-electron chi connectivity index (χ4n) is 2.06. The van der Waals surface area contributed by atoms with E-state index < -0.39 is 0 Å². The molecule has 0 saturated heterocycles. The van der Waals surface area contributed by atoms with Crippen molar-refractivity contribution in [2.24, 2.45) is 0 Å². The van der Waals surface area contributed by atoms with Gasteiger partial charge in [-0.05, 0) is 29.8 Å². The van der Waals surface area contributed by atoms with Gasteiger partial charge in [-0.25, -0.2) is 18.9 Å². The van der Waals surface area contributed by atoms with Crippen LogP contribution >= 0.6 is 0 Å². The van der Waals surface area contributed by atoms with Gasteiger partial charge in [-0.15, -0.1) is 0 Å². The van der Waals surface area contributed by atoms with E-state index in [1.807, 2.05) is 18.2 Å². The van der Waals surface area contributed by atoms with E-state index >= 15 is 0 Å². The van der Waals surface area contributed by atoms with Gasteiger partial charge in [-0.2, -0.15) is 5.10 Å². The summed E-state index contributed by atoms with van der Waals surface area (Å²) in [6, 6.07) is 12.9. The summed E-state index contributed by atoms with van der Waals surface area (Å²) in [5.74, 6) is -0.306. The number of urea groups is 1. The van der Waals surface area contributed by atoms with Gasteiger partial charge in [-0.3, -0.25) is 0 Å². The molecule has 2 aromatic carbocycles. The van der Waals surface area contributed by atoms with Crippen LogP contribution in [0.5, 0.6) is 0 Å². The number of amides is 2. The van der Waals surface area contributed by atoms with Crippen LogP contribution in [0.1, 0.15) is 5.56 Å². The van der Waals surface area contributed by atoms with Gasteiger partial charge < -0.3 is 10.6 Å². The van der Waals surface area contributed by atoms with Crippen LogP contribution in [0.3, 0.4) is 0 Å². The lowest BCUT2D eigenvalue weighted by molar-refractivity contribution is 0.251. The predicted octanol–water partition coefficient (Wildman–Crippen LogP) is 2.73. The van der Waals surface area contributed by atoms with E-state index in [1.165, 1.54) is 18.5 Å². The van der Waals surface area contributed by atoms with Crippen LogP contribution in [0.4, 0.5) is 14.9 Å². The lowest BCUT2D eigenvalue weighted by atomic mass is 10.2. The molecule has 116 valence electrons. The Balaban J connectivity index is 1.65. The monoisotopic (exact) mass is 311 g/mol. The highest BCUT2D eigenvalue weighted by Crippen LogP contribution is 2.18. The summed E-state index contributed by atoms with van der Waals surface area (Å²) in [4.78, 5) is 15.9. The second kappa shape index (κ2) is 6.69. The Morgan fingerprint density at radius 2 is 1.91 bits per heavy atom. The van der Waals surface area contributed by atoms with E-state index in [9.17, 15) is 9.18 Å². The molecule has 1 aromatic heterocycles. The number of aromatic nitrogens is 3. The molecule has 3 rings (SSSR count). The Morgan fingerprint density at radius 1 is 1.13 bits per heavy atom. The first-order chi connectivity index (χ1) is 11.2. The van der Waals surface area contributed by atoms with E-state index in [2.05, 4.69) is 20.7 Å². The van der Waals surface area contributed by atoms with Crippen molar-refractivity contribution in [2.75, 3.05) is 5.32 Å². The van der Waals surface area contributed by atoms with Gasteiger partial charge in [0.15, 0.2) is 0 Å². The summed E-state index contributed by atoms with van der Waals surface area (Å²) < 4.78 is 14.4. The molecule has 0 aliphatic carbocycles. The normalized spacial score (nSPS) is 10.3. The van der Waals surface area contributed by atoms with Crippen LogP contribution in [0.2, 0.25) is 0 Å². The predicted molar refractivity (Wildman–Crippen MR) is 83.6 cm³/mol. The number of hydrogen-bond donors (Lipinski definition) is 2. The molecule has 6 nitrogen and oxygen atoms in total. The molecule has 0 aliphatic rings. The lowest BCUT2D eigenvalue weighted by Crippen LogP contribution is -2.28. The molecule has 1 heterocycles. The van der Waals surface area contributed by atoms with E-state index in [1.54, 1.807) is 29.2 Å². The number of hydrogen-bond acceptors (Lipinski definition) is 3. The molecule has 0 aliphatic heterocycles. The Morgan fingerprint density at radius 3 is 2.65 bits per heavy atom. The zero-order chi connectivity index (χ0) is 16.1. The van der Waals surface area contributed by atoms with Crippen molar-refractivity contribution in [3.05, 3.63) is 72.6 Å². The summed E-state index contributed by atoms with van der Waals surface area (Å²) in [5, 5.41) is 9.54. The second-order valence-electron chi connectivity index (χ2n) is 4.79. The smallest absolute Gasteiger partial charge is 0.319 e. The van der Waals surface area contributed by atoms with Crippen LogP contribution < -0.4 is 10.6 Å². The number of para-hydroxylation sites is 2. The maximum atomic E-state index is 12.8. The van der Waals surface area contributed by atoms with Gasteiger partial charge >= 0.3 is 6.03 Å². The molecule has 0 radical (unpaired) electrons. The Labute approximate surface area is 132 Å². The maximum absolute atomic E-state index is 12.8. The first kappa shape index (κ1) is 14.7. The number of nitrogens with zero attached hydrogens (tertiary/aromatic N) is 3. The Hall–Kier alpha value is -3.22. The number of halogens is 1. The fourth-order valence-corrected chi connectivity index (χ4v) is 2.06. The number of carbonyl (C=O) groups excluding carboxylic acids is 1. The maximum Gasteiger partial charge on any atom is 0.319 e. The molecule has 23 heavy (non-hydrogen) atoms. The quantitative estimate of drug-likeness (QED) is 0.778. The van der Waals surface area contributed by atoms with Crippen molar-refractivity contribution in [3.63, 3.8) is 0 Å². The van der Waals surface area contributed by atoms with Crippen molar-refractivity contribution in [3.8, 4) is 5.69 Å². The molecule has 2 amide bonds. The SMILES string of the molecule is O=C(NCc1ccc(F)cc1)Nc1ccccc1-n1cncn1. The summed E-state index contributed by atoms with van der Waals surface area (Å²) >= 11 is 0. The zero-order valence-corrected chi connectivity index (χ0v) is 12.1. The van der Waals surface area contributed by atoms with Gasteiger partial charge in [0.2, 0.25) is 0 Å². The molecule has 2 N–H and O–H groups in total. The largest absolute Gasteiger partial charge is 0.334 e. The van der Waals surface area contributed by atoms with Crippen molar-refractivity contribution in [2.45, 2.75) is 6.54 Å². The van der Waals surface area contributed by atoms with Crippen molar-refractivity contribution < 1.29 is 9.18 Å². The molecule has 7 heteroatoms. The van der Waals surface area contributed by atoms with Gasteiger partial charge in [0.25, 0.3) is 0 Å². The minimum absolute atomic E-state index is 0.303. The van der Waals surface area contributed by atoms with E-state index in [-0.39, 0.29) is 11.8 Å². The van der Waals surface area contributed by atoms with Crippen LogP contribution in [0.25, 0.3) is 5.69 Å². The van der Waals surface area contributed by atoms with Crippen molar-refractivity contribution in [1.82, 2.24) is 20.1 Å². The molecule has 0 atom stereocenters. The molecule has 0 fully saturated rings. The second-order valence-corrected chi connectivity index (χ2v) is 4.79. The molecule has 0 spiro atoms. The van der Waals surface area contributed by atoms with Crippen molar-refractivity contribution >= 4 is 11.7 Å². The van der Waals surface area contributed by atoms with Gasteiger partial charge in [0.1, 0.15) is 18.5 Å². The highest BCUT2D eigenvalue weighted by molar-refractivity contribution is 5.91. The first-order valence-electron chi connectivity index (χ1n) is 6.96. The first-order valence-corrected chi connectivity index (χ1v) is 6.96. The van der Waals surface area contributed by atoms with Gasteiger partial charge in [-0.1, -0.05) is 24.3 Å². The number of carbonyl (C=O) groups is 1. The number of anilines is 1. The van der Waals surface area contributed by atoms with Crippen LogP contribution in [0.15, 0.2) is 61.2 Å². The van der Waals surface area contributed by atoms with E-state index in [4.69, 9.17) is 0 Å². The molecular formula is C16H14FN5O. The number of benzene rings is 2. The molecule has 0 bridgehead atoms. The fraction of sp³-hybridized carbons (Fsp3) is 0.0625. The third-order valence-electron chi connectivity index (χ3n) is 3.18. The van der Waals surface area contributed by atoms with E-state index in [0.29, 0.717) is 17.9 Å². The Bertz CT molecular complexity index is 786. The minimum Gasteiger partial charge on any atom is -0.334 e. The summed E-state index contributed by atoms with van der Waals surface area (Å²) in [5.41, 5.74) is 2.13. The van der Waals surface area contributed by atoms with Crippen LogP contribution in [-0.4, -0.2) is 20.8 Å². The van der Waals surface area contributed by atoms with Gasteiger partial charge in [0, 0.05) is 6.54 Å². The average molecular weight is 311 g/mol. The lowest BCUT2D eigenvalue weighted by Gasteiger charge is -2.11. The minimum atomic E-state index is -0.359. The van der Waals surface area contributed by atoms with Crippen molar-refractivity contribution in [1.29, 1.82) is 0 Å². The third-order valence-corrected chi connectivity index (χ3v) is 3.18. The molecule has 0 saturated carbocycles.